The van der Waals surface area contributed by atoms with Gasteiger partial charge < -0.3 is 9.84 Å². The number of carbonyl (C=O) groups excluding carboxylic acids is 1. The number of likely N-dealkylation sites (N-methyl/N-ethyl adjacent to an activating group) is 1. The fraction of sp³-hybridized carbons (Fsp3) is 0.577. The van der Waals surface area contributed by atoms with Gasteiger partial charge in [0, 0.05) is 36.5 Å². The van der Waals surface area contributed by atoms with Crippen LogP contribution in [-0.4, -0.2) is 66.8 Å². The molecule has 5 rings (SSSR count). The van der Waals surface area contributed by atoms with Gasteiger partial charge in [-0.15, -0.1) is 0 Å². The third-order valence-corrected chi connectivity index (χ3v) is 7.97. The molecule has 1 saturated carbocycles. The number of nitrogens with one attached hydrogen (secondary N) is 1. The molecule has 2 fully saturated rings. The van der Waals surface area contributed by atoms with Gasteiger partial charge in [0.1, 0.15) is 35.5 Å². The van der Waals surface area contributed by atoms with E-state index in [1.54, 1.807) is 29.4 Å². The number of aromatic nitrogens is 4. The zero-order chi connectivity index (χ0) is 24.6. The summed E-state index contributed by atoms with van der Waals surface area (Å²) >= 11 is 0. The fourth-order valence-corrected chi connectivity index (χ4v) is 5.99. The number of allylic oxidation sites excluding steroid dienone is 2. The second-order valence-corrected chi connectivity index (χ2v) is 10.1. The summed E-state index contributed by atoms with van der Waals surface area (Å²) in [7, 11) is 2.11. The Morgan fingerprint density at radius 2 is 2.06 bits per heavy atom. The molecule has 3 atom stereocenters. The lowest BCUT2D eigenvalue weighted by atomic mass is 9.64. The number of hydrogen-bond acceptors (Lipinski definition) is 8. The zero-order valence-corrected chi connectivity index (χ0v) is 20.5. The predicted octanol–water partition coefficient (Wildman–Crippen LogP) is 4.02. The predicted molar refractivity (Wildman–Crippen MR) is 131 cm³/mol. The summed E-state index contributed by atoms with van der Waals surface area (Å²) in [4.78, 5) is 28.5. The number of nitrogens with zero attached hydrogens (tertiary/aromatic N) is 5. The Morgan fingerprint density at radius 3 is 2.77 bits per heavy atom. The monoisotopic (exact) mass is 478 g/mol. The first-order valence-electron chi connectivity index (χ1n) is 12.7. The maximum absolute atomic E-state index is 12.9. The second-order valence-electron chi connectivity index (χ2n) is 10.1. The largest absolute Gasteiger partial charge is 0.511 e. The first kappa shape index (κ1) is 23.7. The Labute approximate surface area is 205 Å². The van der Waals surface area contributed by atoms with Gasteiger partial charge in [-0.1, -0.05) is 6.42 Å². The van der Waals surface area contributed by atoms with Crippen LogP contribution < -0.4 is 4.74 Å². The van der Waals surface area contributed by atoms with Crippen LogP contribution in [0.3, 0.4) is 0 Å². The summed E-state index contributed by atoms with van der Waals surface area (Å²) in [5.74, 6) is 1.26. The Bertz CT molecular complexity index is 1140. The number of aliphatic hydroxyl groups is 1. The number of rotatable bonds is 6. The Morgan fingerprint density at radius 1 is 1.23 bits per heavy atom. The molecule has 1 saturated heterocycles. The average Bonchev–Trinajstić information content (AvgIpc) is 3.54. The molecule has 2 N–H and O–H groups in total. The minimum absolute atomic E-state index is 0.0531. The quantitative estimate of drug-likeness (QED) is 0.602. The highest BCUT2D eigenvalue weighted by atomic mass is 16.5. The van der Waals surface area contributed by atoms with E-state index in [1.165, 1.54) is 0 Å². The number of ether oxygens (including phenoxy) is 1. The van der Waals surface area contributed by atoms with E-state index in [0.29, 0.717) is 49.0 Å². The average molecular weight is 479 g/mol. The lowest BCUT2D eigenvalue weighted by Gasteiger charge is -2.39. The molecule has 2 aromatic rings. The smallest absolute Gasteiger partial charge is 0.219 e. The highest BCUT2D eigenvalue weighted by molar-refractivity contribution is 6.09. The van der Waals surface area contributed by atoms with Crippen molar-refractivity contribution in [2.45, 2.75) is 76.9 Å². The lowest BCUT2D eigenvalue weighted by molar-refractivity contribution is -0.131. The zero-order valence-electron chi connectivity index (χ0n) is 20.5. The Hall–Kier alpha value is -3.07. The van der Waals surface area contributed by atoms with Crippen LogP contribution in [-0.2, 0) is 4.79 Å². The first-order chi connectivity index (χ1) is 16.9. The Balaban J connectivity index is 1.51. The van der Waals surface area contributed by atoms with Crippen molar-refractivity contribution in [1.29, 1.82) is 5.41 Å². The molecule has 9 heteroatoms. The molecule has 35 heavy (non-hydrogen) atoms. The van der Waals surface area contributed by atoms with Crippen LogP contribution in [0.4, 0.5) is 0 Å². The van der Waals surface area contributed by atoms with Gasteiger partial charge in [0.15, 0.2) is 5.82 Å². The number of carbonyl (C=O) groups is 1. The molecule has 1 spiro atoms. The van der Waals surface area contributed by atoms with Crippen molar-refractivity contribution in [3.05, 3.63) is 41.9 Å². The minimum Gasteiger partial charge on any atom is -0.511 e. The molecule has 3 aliphatic rings. The number of ketones is 1. The van der Waals surface area contributed by atoms with Crippen molar-refractivity contribution in [3.63, 3.8) is 0 Å². The third kappa shape index (κ3) is 4.37. The van der Waals surface area contributed by atoms with Crippen LogP contribution in [0, 0.1) is 10.8 Å². The van der Waals surface area contributed by atoms with E-state index in [2.05, 4.69) is 26.9 Å². The van der Waals surface area contributed by atoms with E-state index in [9.17, 15) is 9.90 Å². The van der Waals surface area contributed by atoms with Gasteiger partial charge in [0.2, 0.25) is 5.88 Å². The van der Waals surface area contributed by atoms with Crippen molar-refractivity contribution < 1.29 is 14.6 Å². The van der Waals surface area contributed by atoms with Crippen molar-refractivity contribution in [2.24, 2.45) is 5.41 Å². The van der Waals surface area contributed by atoms with Gasteiger partial charge >= 0.3 is 0 Å². The molecule has 0 unspecified atom stereocenters. The fourth-order valence-electron chi connectivity index (χ4n) is 5.99. The summed E-state index contributed by atoms with van der Waals surface area (Å²) < 4.78 is 8.03. The summed E-state index contributed by atoms with van der Waals surface area (Å²) in [6.07, 6.45) is 12.0. The molecule has 9 nitrogen and oxygen atoms in total. The SMILES string of the molecule is C[C@H](Oc1cc(-n2ccnc2)nc(C(=N)C2=C(O)[C@]3(CCCCC3=O)CCC2)n1)[C@@H]1CCCN1C. The van der Waals surface area contributed by atoms with E-state index in [4.69, 9.17) is 10.1 Å². The minimum atomic E-state index is -0.846. The van der Waals surface area contributed by atoms with Gasteiger partial charge in [-0.05, 0) is 65.5 Å². The van der Waals surface area contributed by atoms with E-state index in [-0.39, 0.29) is 29.2 Å². The molecular formula is C26H34N6O3. The van der Waals surface area contributed by atoms with Crippen LogP contribution in [0.1, 0.15) is 70.5 Å². The van der Waals surface area contributed by atoms with Gasteiger partial charge in [0.25, 0.3) is 0 Å². The summed E-state index contributed by atoms with van der Waals surface area (Å²) in [6, 6.07) is 2.05. The maximum atomic E-state index is 12.9. The molecule has 2 aromatic heterocycles. The van der Waals surface area contributed by atoms with E-state index in [0.717, 1.165) is 38.6 Å². The number of imidazole rings is 1. The van der Waals surface area contributed by atoms with Gasteiger partial charge in [-0.3, -0.25) is 19.7 Å². The molecule has 186 valence electrons. The van der Waals surface area contributed by atoms with E-state index >= 15 is 0 Å². The van der Waals surface area contributed by atoms with Crippen LogP contribution in [0.25, 0.3) is 5.82 Å². The molecular weight excluding hydrogens is 444 g/mol. The van der Waals surface area contributed by atoms with E-state index < -0.39 is 5.41 Å². The molecule has 2 aliphatic carbocycles. The molecule has 3 heterocycles. The summed E-state index contributed by atoms with van der Waals surface area (Å²) in [5, 5.41) is 20.3. The van der Waals surface area contributed by atoms with Crippen LogP contribution in [0.2, 0.25) is 0 Å². The first-order valence-corrected chi connectivity index (χ1v) is 12.7. The van der Waals surface area contributed by atoms with Crippen molar-refractivity contribution in [2.75, 3.05) is 13.6 Å². The number of likely N-dealkylation sites (tertiary alicyclic amines) is 1. The highest BCUT2D eigenvalue weighted by Crippen LogP contribution is 2.48. The summed E-state index contributed by atoms with van der Waals surface area (Å²) in [5.41, 5.74) is -0.317. The van der Waals surface area contributed by atoms with Gasteiger partial charge in [0.05, 0.1) is 5.41 Å². The molecule has 0 amide bonds. The normalized spacial score (nSPS) is 26.3. The number of hydrogen-bond donors (Lipinski definition) is 2. The summed E-state index contributed by atoms with van der Waals surface area (Å²) in [6.45, 7) is 3.09. The van der Waals surface area contributed by atoms with Gasteiger partial charge in [-0.25, -0.2) is 9.97 Å². The number of Topliss-reactive ketones (excluding diaryl/α,β-unsaturated/α-hetero) is 1. The Kier molecular flexibility index (Phi) is 6.44. The standard InChI is InChI=1S/C26H34N6O3/c1-17(19-8-6-13-31(19)2)35-22-15-21(32-14-12-28-16-32)29-25(30-22)23(27)18-7-5-11-26(24(18)34)10-4-3-9-20(26)33/h12,14-17,19,27,34H,3-11,13H2,1-2H3/t17-,19-,26+/m0/s1. The molecule has 1 aliphatic heterocycles. The topological polar surface area (TPSA) is 117 Å². The number of aliphatic hydroxyl groups excluding tert-OH is 1. The van der Waals surface area contributed by atoms with Crippen molar-refractivity contribution in [1.82, 2.24) is 24.4 Å². The highest BCUT2D eigenvalue weighted by Gasteiger charge is 2.47. The maximum Gasteiger partial charge on any atom is 0.219 e. The van der Waals surface area contributed by atoms with Crippen LogP contribution in [0.5, 0.6) is 5.88 Å². The van der Waals surface area contributed by atoms with Crippen molar-refractivity contribution >= 4 is 11.5 Å². The van der Waals surface area contributed by atoms with Crippen LogP contribution in [0.15, 0.2) is 36.1 Å². The lowest BCUT2D eigenvalue weighted by Crippen LogP contribution is -2.39. The molecule has 0 aromatic carbocycles. The van der Waals surface area contributed by atoms with Crippen LogP contribution >= 0.6 is 0 Å². The molecule has 0 bridgehead atoms. The van der Waals surface area contributed by atoms with Crippen molar-refractivity contribution in [3.8, 4) is 11.7 Å². The second kappa shape index (κ2) is 9.53. The van der Waals surface area contributed by atoms with E-state index in [1.807, 2.05) is 6.92 Å². The molecule has 0 radical (unpaired) electrons. The third-order valence-electron chi connectivity index (χ3n) is 7.97. The van der Waals surface area contributed by atoms with Gasteiger partial charge in [-0.2, -0.15) is 4.98 Å².